The summed E-state index contributed by atoms with van der Waals surface area (Å²) < 4.78 is 12.1. The number of fused-ring (bicyclic) bond motifs is 1. The molecule has 5 heteroatoms. The molecular formula is C26H40O3Si2. The summed E-state index contributed by atoms with van der Waals surface area (Å²) in [5, 5.41) is 0. The lowest BCUT2D eigenvalue weighted by Gasteiger charge is -2.41. The molecule has 1 aromatic rings. The molecule has 0 saturated heterocycles. The molecule has 2 saturated carbocycles. The minimum Gasteiger partial charge on any atom is -0.400 e. The summed E-state index contributed by atoms with van der Waals surface area (Å²) in [6, 6.07) is 8.57. The van der Waals surface area contributed by atoms with E-state index in [0.29, 0.717) is 17.6 Å². The van der Waals surface area contributed by atoms with E-state index in [1.54, 1.807) is 0 Å². The fourth-order valence-electron chi connectivity index (χ4n) is 5.99. The maximum Gasteiger partial charge on any atom is 0.161 e. The SMILES string of the molecule is C[SiH2]OC(O[SiH2]C)C(C)(C)c1cccc(C#C[C@H](C)[C@H]2CC[C@H]3C(=O)CCC[C@]23C)c1. The zero-order valence-corrected chi connectivity index (χ0v) is 23.1. The Labute approximate surface area is 194 Å². The van der Waals surface area contributed by atoms with Crippen LogP contribution in [0.5, 0.6) is 0 Å². The van der Waals surface area contributed by atoms with Gasteiger partial charge < -0.3 is 8.85 Å². The molecule has 0 aliphatic heterocycles. The fraction of sp³-hybridized carbons (Fsp3) is 0.654. The second-order valence-electron chi connectivity index (χ2n) is 10.2. The topological polar surface area (TPSA) is 35.5 Å². The summed E-state index contributed by atoms with van der Waals surface area (Å²) in [6.45, 7) is 13.3. The van der Waals surface area contributed by atoms with Gasteiger partial charge in [0.1, 0.15) is 12.1 Å². The Balaban J connectivity index is 1.78. The Hall–Kier alpha value is -1.20. The van der Waals surface area contributed by atoms with E-state index in [-0.39, 0.29) is 23.0 Å². The van der Waals surface area contributed by atoms with Gasteiger partial charge in [-0.25, -0.2) is 0 Å². The van der Waals surface area contributed by atoms with E-state index >= 15 is 0 Å². The summed E-state index contributed by atoms with van der Waals surface area (Å²) in [4.78, 5) is 12.5. The monoisotopic (exact) mass is 456 g/mol. The third-order valence-electron chi connectivity index (χ3n) is 7.82. The number of hydrogen-bond acceptors (Lipinski definition) is 3. The number of benzene rings is 1. The lowest BCUT2D eigenvalue weighted by molar-refractivity contribution is -0.129. The molecule has 170 valence electrons. The van der Waals surface area contributed by atoms with E-state index in [4.69, 9.17) is 8.85 Å². The second kappa shape index (κ2) is 10.2. The summed E-state index contributed by atoms with van der Waals surface area (Å²) in [5.41, 5.74) is 2.21. The first-order chi connectivity index (χ1) is 14.7. The highest BCUT2D eigenvalue weighted by Gasteiger charge is 2.52. The van der Waals surface area contributed by atoms with Crippen LogP contribution < -0.4 is 0 Å². The minimum atomic E-state index is -0.551. The first kappa shape index (κ1) is 24.4. The zero-order chi connectivity index (χ0) is 22.6. The van der Waals surface area contributed by atoms with Crippen molar-refractivity contribution in [2.24, 2.45) is 23.2 Å². The van der Waals surface area contributed by atoms with Gasteiger partial charge in [0.15, 0.2) is 19.5 Å². The van der Waals surface area contributed by atoms with E-state index in [9.17, 15) is 4.79 Å². The van der Waals surface area contributed by atoms with Gasteiger partial charge in [0.05, 0.1) is 0 Å². The van der Waals surface area contributed by atoms with Crippen LogP contribution >= 0.6 is 0 Å². The second-order valence-corrected chi connectivity index (χ2v) is 12.0. The van der Waals surface area contributed by atoms with Crippen molar-refractivity contribution in [1.29, 1.82) is 0 Å². The van der Waals surface area contributed by atoms with Gasteiger partial charge in [-0.2, -0.15) is 0 Å². The van der Waals surface area contributed by atoms with E-state index in [2.05, 4.69) is 76.9 Å². The first-order valence-electron chi connectivity index (χ1n) is 12.1. The third kappa shape index (κ3) is 5.08. The smallest absolute Gasteiger partial charge is 0.161 e. The van der Waals surface area contributed by atoms with Gasteiger partial charge in [-0.15, -0.1) is 0 Å². The number of carbonyl (C=O) groups excluding carboxylic acids is 1. The van der Waals surface area contributed by atoms with Gasteiger partial charge in [0.25, 0.3) is 0 Å². The van der Waals surface area contributed by atoms with Crippen molar-refractivity contribution in [2.75, 3.05) is 0 Å². The molecule has 3 nitrogen and oxygen atoms in total. The molecule has 1 aromatic carbocycles. The number of hydrogen-bond donors (Lipinski definition) is 0. The van der Waals surface area contributed by atoms with Gasteiger partial charge in [0, 0.05) is 29.2 Å². The van der Waals surface area contributed by atoms with Crippen LogP contribution in [-0.4, -0.2) is 31.6 Å². The van der Waals surface area contributed by atoms with E-state index in [1.165, 1.54) is 12.0 Å². The van der Waals surface area contributed by atoms with Gasteiger partial charge in [-0.1, -0.05) is 64.8 Å². The van der Waals surface area contributed by atoms with Crippen LogP contribution in [0, 0.1) is 35.0 Å². The first-order valence-corrected chi connectivity index (χ1v) is 16.1. The number of carbonyl (C=O) groups is 1. The molecule has 0 spiro atoms. The predicted octanol–water partition coefficient (Wildman–Crippen LogP) is 4.36. The number of Topliss-reactive ketones (excluding diaryl/α,β-unsaturated/α-hetero) is 1. The normalized spacial score (nSPS) is 28.6. The molecule has 2 aliphatic rings. The Morgan fingerprint density at radius 3 is 2.58 bits per heavy atom. The van der Waals surface area contributed by atoms with Crippen molar-refractivity contribution in [3.63, 3.8) is 0 Å². The minimum absolute atomic E-state index is 0.142. The van der Waals surface area contributed by atoms with Crippen molar-refractivity contribution in [3.05, 3.63) is 35.4 Å². The molecule has 3 rings (SSSR count). The molecule has 0 N–H and O–H groups in total. The standard InChI is InChI=1S/C26H40O3Si2/c1-18(21-14-15-22-23(27)11-8-16-26(21,22)4)12-13-19-9-7-10-20(17-19)25(2,3)24(28-30-5)29-31-6/h7,9-10,17-18,21-22,24H,8,11,14-16,30-31H2,1-6H3/t18-,21+,22-,26+/m0/s1. The number of rotatable bonds is 7. The summed E-state index contributed by atoms with van der Waals surface area (Å²) in [6.07, 6.45) is 5.03. The summed E-state index contributed by atoms with van der Waals surface area (Å²) >= 11 is 0. The summed E-state index contributed by atoms with van der Waals surface area (Å²) in [7, 11) is -1.10. The van der Waals surface area contributed by atoms with Crippen LogP contribution in [0.15, 0.2) is 24.3 Å². The molecule has 0 radical (unpaired) electrons. The van der Waals surface area contributed by atoms with Crippen LogP contribution in [0.2, 0.25) is 13.1 Å². The Morgan fingerprint density at radius 1 is 1.19 bits per heavy atom. The highest BCUT2D eigenvalue weighted by atomic mass is 28.2. The van der Waals surface area contributed by atoms with Crippen LogP contribution in [0.25, 0.3) is 0 Å². The van der Waals surface area contributed by atoms with Crippen LogP contribution in [-0.2, 0) is 19.1 Å². The molecule has 0 amide bonds. The fourth-order valence-corrected chi connectivity index (χ4v) is 7.81. The van der Waals surface area contributed by atoms with E-state index in [1.807, 2.05) is 0 Å². The lowest BCUT2D eigenvalue weighted by Crippen LogP contribution is -2.39. The molecule has 0 bridgehead atoms. The van der Waals surface area contributed by atoms with Gasteiger partial charge in [-0.3, -0.25) is 4.79 Å². The van der Waals surface area contributed by atoms with Crippen LogP contribution in [0.3, 0.4) is 0 Å². The average Bonchev–Trinajstić information content (AvgIpc) is 3.10. The molecule has 4 atom stereocenters. The van der Waals surface area contributed by atoms with Crippen molar-refractivity contribution in [2.45, 2.75) is 84.6 Å². The molecular weight excluding hydrogens is 416 g/mol. The Kier molecular flexibility index (Phi) is 8.02. The van der Waals surface area contributed by atoms with Gasteiger partial charge in [-0.05, 0) is 54.7 Å². The number of ketones is 1. The molecule has 0 unspecified atom stereocenters. The van der Waals surface area contributed by atoms with Crippen molar-refractivity contribution < 1.29 is 13.6 Å². The largest absolute Gasteiger partial charge is 0.400 e. The molecule has 2 aliphatic carbocycles. The average molecular weight is 457 g/mol. The third-order valence-corrected chi connectivity index (χ3v) is 9.09. The van der Waals surface area contributed by atoms with Crippen molar-refractivity contribution in [3.8, 4) is 11.8 Å². The van der Waals surface area contributed by atoms with Crippen molar-refractivity contribution >= 4 is 25.3 Å². The van der Waals surface area contributed by atoms with Gasteiger partial charge >= 0.3 is 0 Å². The molecule has 0 aromatic heterocycles. The highest BCUT2D eigenvalue weighted by Crippen LogP contribution is 2.56. The maximum atomic E-state index is 12.5. The maximum absolute atomic E-state index is 12.5. The Bertz CT molecular complexity index is 835. The van der Waals surface area contributed by atoms with Crippen molar-refractivity contribution in [1.82, 2.24) is 0 Å². The summed E-state index contributed by atoms with van der Waals surface area (Å²) in [5.74, 6) is 8.60. The van der Waals surface area contributed by atoms with E-state index in [0.717, 1.165) is 31.2 Å². The molecule has 31 heavy (non-hydrogen) atoms. The Morgan fingerprint density at radius 2 is 1.90 bits per heavy atom. The quantitative estimate of drug-likeness (QED) is 0.347. The molecule has 0 heterocycles. The molecule has 2 fully saturated rings. The lowest BCUT2D eigenvalue weighted by atomic mass is 9.62. The highest BCUT2D eigenvalue weighted by molar-refractivity contribution is 6.26. The van der Waals surface area contributed by atoms with Gasteiger partial charge in [0.2, 0.25) is 0 Å². The van der Waals surface area contributed by atoms with Crippen LogP contribution in [0.1, 0.15) is 70.9 Å². The zero-order valence-electron chi connectivity index (χ0n) is 20.3. The van der Waals surface area contributed by atoms with Crippen LogP contribution in [0.4, 0.5) is 0 Å². The predicted molar refractivity (Wildman–Crippen MR) is 133 cm³/mol. The van der Waals surface area contributed by atoms with E-state index < -0.39 is 19.5 Å².